The van der Waals surface area contributed by atoms with Crippen LogP contribution in [0.2, 0.25) is 0 Å². The van der Waals surface area contributed by atoms with Gasteiger partial charge in [0.25, 0.3) is 10.2 Å². The van der Waals surface area contributed by atoms with Crippen LogP contribution in [0.15, 0.2) is 0 Å². The van der Waals surface area contributed by atoms with Crippen LogP contribution in [0.25, 0.3) is 0 Å². The van der Waals surface area contributed by atoms with E-state index in [-0.39, 0.29) is 6.04 Å². The highest BCUT2D eigenvalue weighted by molar-refractivity contribution is 7.87. The minimum atomic E-state index is -3.31. The number of nitrogens with one attached hydrogen (secondary N) is 1. The second kappa shape index (κ2) is 5.54. The number of hydrogen-bond acceptors (Lipinski definition) is 3. The molecule has 0 aromatic carbocycles. The highest BCUT2D eigenvalue weighted by Crippen LogP contribution is 1.93. The van der Waals surface area contributed by atoms with Crippen molar-refractivity contribution < 1.29 is 8.42 Å². The van der Waals surface area contributed by atoms with Crippen molar-refractivity contribution in [1.29, 1.82) is 0 Å². The average Bonchev–Trinajstić information content (AvgIpc) is 2.01. The summed E-state index contributed by atoms with van der Waals surface area (Å²) < 4.78 is 25.9. The second-order valence-electron chi connectivity index (χ2n) is 3.18. The lowest BCUT2D eigenvalue weighted by Crippen LogP contribution is -2.42. The van der Waals surface area contributed by atoms with Crippen molar-refractivity contribution in [3.63, 3.8) is 0 Å². The Kier molecular flexibility index (Phi) is 5.46. The van der Waals surface area contributed by atoms with Crippen LogP contribution in [-0.4, -0.2) is 39.4 Å². The third-order valence-electron chi connectivity index (χ3n) is 1.67. The molecule has 0 amide bonds. The Bertz CT molecular complexity index is 226. The maximum absolute atomic E-state index is 11.2. The zero-order valence-corrected chi connectivity index (χ0v) is 9.26. The van der Waals surface area contributed by atoms with Gasteiger partial charge in [0.15, 0.2) is 0 Å². The fourth-order valence-corrected chi connectivity index (χ4v) is 1.50. The van der Waals surface area contributed by atoms with Crippen molar-refractivity contribution in [2.75, 3.05) is 20.6 Å². The first-order valence-electron chi connectivity index (χ1n) is 4.32. The van der Waals surface area contributed by atoms with E-state index < -0.39 is 10.2 Å². The van der Waals surface area contributed by atoms with Crippen LogP contribution in [0.3, 0.4) is 0 Å². The van der Waals surface area contributed by atoms with Gasteiger partial charge < -0.3 is 5.73 Å². The molecule has 0 aliphatic carbocycles. The normalized spacial score (nSPS) is 14.8. The van der Waals surface area contributed by atoms with E-state index in [0.29, 0.717) is 6.54 Å². The molecule has 5 nitrogen and oxygen atoms in total. The molecule has 0 aromatic heterocycles. The maximum Gasteiger partial charge on any atom is 0.278 e. The van der Waals surface area contributed by atoms with Gasteiger partial charge in [-0.3, -0.25) is 0 Å². The van der Waals surface area contributed by atoms with E-state index in [1.54, 1.807) is 0 Å². The van der Waals surface area contributed by atoms with Crippen LogP contribution in [0.1, 0.15) is 19.8 Å². The Labute approximate surface area is 80.5 Å². The molecule has 0 heterocycles. The molecule has 0 saturated carbocycles. The predicted molar refractivity (Wildman–Crippen MR) is 53.5 cm³/mol. The van der Waals surface area contributed by atoms with Crippen LogP contribution < -0.4 is 10.5 Å². The summed E-state index contributed by atoms with van der Waals surface area (Å²) in [6, 6.07) is -0.0975. The molecule has 6 heteroatoms. The summed E-state index contributed by atoms with van der Waals surface area (Å²) in [4.78, 5) is 0. The summed E-state index contributed by atoms with van der Waals surface area (Å²) in [7, 11) is -0.349. The summed E-state index contributed by atoms with van der Waals surface area (Å²) in [5.74, 6) is 0. The molecule has 0 aliphatic heterocycles. The van der Waals surface area contributed by atoms with Crippen molar-refractivity contribution >= 4 is 10.2 Å². The van der Waals surface area contributed by atoms with Crippen molar-refractivity contribution in [1.82, 2.24) is 9.03 Å². The van der Waals surface area contributed by atoms with Crippen molar-refractivity contribution in [3.8, 4) is 0 Å². The standard InChI is InChI=1S/C7H19N3O2S/c1-4-5-7(8)6-9-13(11,12)10(2)3/h7,9H,4-6,8H2,1-3H3. The molecule has 0 radical (unpaired) electrons. The van der Waals surface area contributed by atoms with E-state index in [4.69, 9.17) is 5.73 Å². The van der Waals surface area contributed by atoms with E-state index in [1.807, 2.05) is 6.92 Å². The summed E-state index contributed by atoms with van der Waals surface area (Å²) >= 11 is 0. The van der Waals surface area contributed by atoms with Crippen LogP contribution in [-0.2, 0) is 10.2 Å². The summed E-state index contributed by atoms with van der Waals surface area (Å²) in [6.45, 7) is 2.31. The van der Waals surface area contributed by atoms with Gasteiger partial charge in [-0.2, -0.15) is 12.7 Å². The molecule has 0 bridgehead atoms. The van der Waals surface area contributed by atoms with Gasteiger partial charge in [0.05, 0.1) is 0 Å². The molecule has 80 valence electrons. The lowest BCUT2D eigenvalue weighted by Gasteiger charge is -2.15. The van der Waals surface area contributed by atoms with E-state index >= 15 is 0 Å². The second-order valence-corrected chi connectivity index (χ2v) is 5.15. The first kappa shape index (κ1) is 12.8. The van der Waals surface area contributed by atoms with Gasteiger partial charge in [-0.05, 0) is 6.42 Å². The van der Waals surface area contributed by atoms with Gasteiger partial charge in [0.1, 0.15) is 0 Å². The lowest BCUT2D eigenvalue weighted by atomic mass is 10.2. The van der Waals surface area contributed by atoms with E-state index in [0.717, 1.165) is 17.1 Å². The SMILES string of the molecule is CCCC(N)CNS(=O)(=O)N(C)C. The average molecular weight is 209 g/mol. The lowest BCUT2D eigenvalue weighted by molar-refractivity contribution is 0.494. The zero-order valence-electron chi connectivity index (χ0n) is 8.45. The van der Waals surface area contributed by atoms with Crippen LogP contribution in [0.5, 0.6) is 0 Å². The predicted octanol–water partition coefficient (Wildman–Crippen LogP) is -0.490. The molecule has 0 spiro atoms. The molecule has 0 fully saturated rings. The fraction of sp³-hybridized carbons (Fsp3) is 1.00. The van der Waals surface area contributed by atoms with Crippen LogP contribution >= 0.6 is 0 Å². The maximum atomic E-state index is 11.2. The van der Waals surface area contributed by atoms with Gasteiger partial charge >= 0.3 is 0 Å². The largest absolute Gasteiger partial charge is 0.327 e. The molecule has 0 rings (SSSR count). The topological polar surface area (TPSA) is 75.4 Å². The molecule has 0 aromatic rings. The molecule has 0 saturated heterocycles. The van der Waals surface area contributed by atoms with Gasteiger partial charge in [0, 0.05) is 26.7 Å². The van der Waals surface area contributed by atoms with Crippen LogP contribution in [0.4, 0.5) is 0 Å². The minimum Gasteiger partial charge on any atom is -0.327 e. The van der Waals surface area contributed by atoms with Crippen molar-refractivity contribution in [3.05, 3.63) is 0 Å². The smallest absolute Gasteiger partial charge is 0.278 e. The first-order valence-corrected chi connectivity index (χ1v) is 5.77. The molecular weight excluding hydrogens is 190 g/mol. The summed E-state index contributed by atoms with van der Waals surface area (Å²) in [6.07, 6.45) is 1.79. The van der Waals surface area contributed by atoms with Gasteiger partial charge in [-0.15, -0.1) is 0 Å². The Hall–Kier alpha value is -0.170. The number of nitrogens with zero attached hydrogens (tertiary/aromatic N) is 1. The van der Waals surface area contributed by atoms with Gasteiger partial charge in [-0.1, -0.05) is 13.3 Å². The Balaban J connectivity index is 3.89. The van der Waals surface area contributed by atoms with E-state index in [1.165, 1.54) is 14.1 Å². The van der Waals surface area contributed by atoms with Crippen LogP contribution in [0, 0.1) is 0 Å². The number of nitrogens with two attached hydrogens (primary N) is 1. The molecular formula is C7H19N3O2S. The highest BCUT2D eigenvalue weighted by atomic mass is 32.2. The Morgan fingerprint density at radius 3 is 2.38 bits per heavy atom. The Morgan fingerprint density at radius 1 is 1.46 bits per heavy atom. The molecule has 1 unspecified atom stereocenters. The monoisotopic (exact) mass is 209 g/mol. The number of rotatable bonds is 6. The molecule has 3 N–H and O–H groups in total. The third-order valence-corrected chi connectivity index (χ3v) is 3.16. The quantitative estimate of drug-likeness (QED) is 0.620. The fourth-order valence-electron chi connectivity index (χ4n) is 0.814. The van der Waals surface area contributed by atoms with E-state index in [2.05, 4.69) is 4.72 Å². The van der Waals surface area contributed by atoms with Crippen molar-refractivity contribution in [2.45, 2.75) is 25.8 Å². The molecule has 13 heavy (non-hydrogen) atoms. The van der Waals surface area contributed by atoms with Gasteiger partial charge in [-0.25, -0.2) is 4.72 Å². The first-order chi connectivity index (χ1) is 5.90. The highest BCUT2D eigenvalue weighted by Gasteiger charge is 2.13. The Morgan fingerprint density at radius 2 is 2.00 bits per heavy atom. The molecule has 0 aliphatic rings. The van der Waals surface area contributed by atoms with Crippen molar-refractivity contribution in [2.24, 2.45) is 5.73 Å². The molecule has 1 atom stereocenters. The summed E-state index contributed by atoms with van der Waals surface area (Å²) in [5.41, 5.74) is 5.65. The summed E-state index contributed by atoms with van der Waals surface area (Å²) in [5, 5.41) is 0. The minimum absolute atomic E-state index is 0.0975. The van der Waals surface area contributed by atoms with E-state index in [9.17, 15) is 8.42 Å². The zero-order chi connectivity index (χ0) is 10.5. The number of hydrogen-bond donors (Lipinski definition) is 2. The third kappa shape index (κ3) is 5.20. The van der Waals surface area contributed by atoms with Gasteiger partial charge in [0.2, 0.25) is 0 Å².